The highest BCUT2D eigenvalue weighted by atomic mass is 32.2. The van der Waals surface area contributed by atoms with Crippen LogP contribution in [-0.2, 0) is 20.9 Å². The highest BCUT2D eigenvalue weighted by Crippen LogP contribution is 2.34. The predicted molar refractivity (Wildman–Crippen MR) is 111 cm³/mol. The summed E-state index contributed by atoms with van der Waals surface area (Å²) in [5.74, 6) is -0.393. The molecule has 150 valence electrons. The number of hydrogen-bond acceptors (Lipinski definition) is 6. The van der Waals surface area contributed by atoms with Gasteiger partial charge < -0.3 is 9.47 Å². The van der Waals surface area contributed by atoms with Crippen molar-refractivity contribution in [1.82, 2.24) is 4.90 Å². The van der Waals surface area contributed by atoms with Crippen LogP contribution in [0.15, 0.2) is 59.5 Å². The summed E-state index contributed by atoms with van der Waals surface area (Å²) in [6.45, 7) is 3.81. The Morgan fingerprint density at radius 2 is 1.79 bits per heavy atom. The zero-order valence-electron chi connectivity index (χ0n) is 16.2. The normalized spacial score (nSPS) is 16.2. The van der Waals surface area contributed by atoms with Crippen LogP contribution in [0, 0.1) is 0 Å². The number of esters is 1. The van der Waals surface area contributed by atoms with Gasteiger partial charge in [-0.1, -0.05) is 42.5 Å². The molecular formula is C22H21NO5S. The highest BCUT2D eigenvalue weighted by Gasteiger charge is 2.41. The molecule has 0 N–H and O–H groups in total. The van der Waals surface area contributed by atoms with Gasteiger partial charge in [-0.25, -0.2) is 4.79 Å². The van der Waals surface area contributed by atoms with Gasteiger partial charge in [-0.05, 0) is 54.9 Å². The van der Waals surface area contributed by atoms with Crippen molar-refractivity contribution in [3.05, 3.63) is 70.6 Å². The first-order chi connectivity index (χ1) is 14.0. The molecule has 0 saturated carbocycles. The first kappa shape index (κ1) is 20.7. The fraction of sp³-hybridized carbons (Fsp3) is 0.227. The van der Waals surface area contributed by atoms with Gasteiger partial charge in [-0.2, -0.15) is 0 Å². The van der Waals surface area contributed by atoms with E-state index in [9.17, 15) is 14.4 Å². The molecule has 1 saturated heterocycles. The predicted octanol–water partition coefficient (Wildman–Crippen LogP) is 4.25. The summed E-state index contributed by atoms with van der Waals surface area (Å²) in [4.78, 5) is 37.9. The summed E-state index contributed by atoms with van der Waals surface area (Å²) in [6.07, 6.45) is 1.63. The lowest BCUT2D eigenvalue weighted by molar-refractivity contribution is -0.150. The highest BCUT2D eigenvalue weighted by molar-refractivity contribution is 8.18. The van der Waals surface area contributed by atoms with Crippen LogP contribution in [0.2, 0.25) is 0 Å². The standard InChI is InChI=1S/C22H21NO5S/c1-3-27-21(25)15(2)23-20(24)19(29-22(23)26)13-16-9-11-18(12-10-16)28-14-17-7-5-4-6-8-17/h4-13,15H,3,14H2,1-2H3/b19-13-/t15-/m1/s1. The van der Waals surface area contributed by atoms with E-state index in [1.54, 1.807) is 25.1 Å². The molecule has 3 rings (SSSR count). The number of amides is 2. The number of imide groups is 1. The third-order valence-corrected chi connectivity index (χ3v) is 5.15. The van der Waals surface area contributed by atoms with Gasteiger partial charge >= 0.3 is 5.97 Å². The minimum atomic E-state index is -0.956. The van der Waals surface area contributed by atoms with Gasteiger partial charge in [0.15, 0.2) is 0 Å². The summed E-state index contributed by atoms with van der Waals surface area (Å²) < 4.78 is 10.7. The van der Waals surface area contributed by atoms with Gasteiger partial charge in [-0.3, -0.25) is 14.5 Å². The maximum absolute atomic E-state index is 12.6. The Morgan fingerprint density at radius 1 is 1.10 bits per heavy atom. The van der Waals surface area contributed by atoms with Gasteiger partial charge in [0.2, 0.25) is 0 Å². The van der Waals surface area contributed by atoms with Crippen molar-refractivity contribution in [2.75, 3.05) is 6.61 Å². The van der Waals surface area contributed by atoms with E-state index in [1.807, 2.05) is 42.5 Å². The van der Waals surface area contributed by atoms with Crippen molar-refractivity contribution in [2.24, 2.45) is 0 Å². The maximum atomic E-state index is 12.6. The minimum Gasteiger partial charge on any atom is -0.489 e. The molecule has 2 aromatic rings. The smallest absolute Gasteiger partial charge is 0.329 e. The van der Waals surface area contributed by atoms with E-state index in [2.05, 4.69) is 0 Å². The molecule has 1 aliphatic rings. The molecule has 0 aromatic heterocycles. The van der Waals surface area contributed by atoms with Gasteiger partial charge in [-0.15, -0.1) is 0 Å². The topological polar surface area (TPSA) is 72.9 Å². The molecule has 2 amide bonds. The van der Waals surface area contributed by atoms with Gasteiger partial charge in [0.05, 0.1) is 11.5 Å². The van der Waals surface area contributed by atoms with Crippen molar-refractivity contribution >= 4 is 35.0 Å². The van der Waals surface area contributed by atoms with E-state index in [-0.39, 0.29) is 11.5 Å². The lowest BCUT2D eigenvalue weighted by atomic mass is 10.2. The summed E-state index contributed by atoms with van der Waals surface area (Å²) in [7, 11) is 0. The summed E-state index contributed by atoms with van der Waals surface area (Å²) >= 11 is 0.812. The molecule has 1 heterocycles. The van der Waals surface area contributed by atoms with Crippen LogP contribution in [0.25, 0.3) is 6.08 Å². The lowest BCUT2D eigenvalue weighted by Crippen LogP contribution is -2.42. The molecule has 1 aliphatic heterocycles. The Kier molecular flexibility index (Phi) is 6.72. The van der Waals surface area contributed by atoms with Crippen molar-refractivity contribution in [3.63, 3.8) is 0 Å². The van der Waals surface area contributed by atoms with E-state index in [4.69, 9.17) is 9.47 Å². The number of thioether (sulfide) groups is 1. The molecular weight excluding hydrogens is 390 g/mol. The summed E-state index contributed by atoms with van der Waals surface area (Å²) in [5.41, 5.74) is 1.83. The largest absolute Gasteiger partial charge is 0.489 e. The summed E-state index contributed by atoms with van der Waals surface area (Å²) in [6, 6.07) is 16.1. The zero-order chi connectivity index (χ0) is 20.8. The molecule has 29 heavy (non-hydrogen) atoms. The van der Waals surface area contributed by atoms with E-state index in [1.165, 1.54) is 6.92 Å². The number of ether oxygens (including phenoxy) is 2. The fourth-order valence-corrected chi connectivity index (χ4v) is 3.64. The molecule has 0 aliphatic carbocycles. The second-order valence-corrected chi connectivity index (χ2v) is 7.32. The quantitative estimate of drug-likeness (QED) is 0.501. The van der Waals surface area contributed by atoms with Crippen molar-refractivity contribution in [3.8, 4) is 5.75 Å². The van der Waals surface area contributed by atoms with Crippen LogP contribution < -0.4 is 4.74 Å². The van der Waals surface area contributed by atoms with Crippen LogP contribution in [0.5, 0.6) is 5.75 Å². The molecule has 1 atom stereocenters. The number of nitrogens with zero attached hydrogens (tertiary/aromatic N) is 1. The Bertz CT molecular complexity index is 924. The van der Waals surface area contributed by atoms with E-state index in [0.717, 1.165) is 27.8 Å². The average Bonchev–Trinajstić information content (AvgIpc) is 3.01. The molecule has 0 unspecified atom stereocenters. The van der Waals surface area contributed by atoms with Gasteiger partial charge in [0, 0.05) is 0 Å². The zero-order valence-corrected chi connectivity index (χ0v) is 17.0. The minimum absolute atomic E-state index is 0.188. The average molecular weight is 411 g/mol. The number of rotatable bonds is 7. The van der Waals surface area contributed by atoms with E-state index < -0.39 is 23.2 Å². The van der Waals surface area contributed by atoms with E-state index >= 15 is 0 Å². The van der Waals surface area contributed by atoms with Crippen LogP contribution >= 0.6 is 11.8 Å². The number of carbonyl (C=O) groups is 3. The first-order valence-corrected chi connectivity index (χ1v) is 10.0. The van der Waals surface area contributed by atoms with Crippen molar-refractivity contribution in [1.29, 1.82) is 0 Å². The molecule has 1 fully saturated rings. The molecule has 0 spiro atoms. The Hall–Kier alpha value is -3.06. The third-order valence-electron chi connectivity index (χ3n) is 4.26. The Labute approximate surface area is 173 Å². The van der Waals surface area contributed by atoms with E-state index in [0.29, 0.717) is 12.4 Å². The molecule has 0 bridgehead atoms. The van der Waals surface area contributed by atoms with Crippen LogP contribution in [-0.4, -0.2) is 34.7 Å². The summed E-state index contributed by atoms with van der Waals surface area (Å²) in [5, 5.41) is -0.482. The monoisotopic (exact) mass is 411 g/mol. The third kappa shape index (κ3) is 5.06. The van der Waals surface area contributed by atoms with Gasteiger partial charge in [0.25, 0.3) is 11.1 Å². The van der Waals surface area contributed by atoms with Crippen molar-refractivity contribution < 1.29 is 23.9 Å². The molecule has 2 aromatic carbocycles. The van der Waals surface area contributed by atoms with Crippen LogP contribution in [0.1, 0.15) is 25.0 Å². The van der Waals surface area contributed by atoms with Crippen LogP contribution in [0.3, 0.4) is 0 Å². The molecule has 0 radical (unpaired) electrons. The number of hydrogen-bond donors (Lipinski definition) is 0. The Morgan fingerprint density at radius 3 is 2.45 bits per heavy atom. The molecule has 7 heteroatoms. The number of carbonyl (C=O) groups excluding carboxylic acids is 3. The number of benzene rings is 2. The second-order valence-electron chi connectivity index (χ2n) is 6.32. The maximum Gasteiger partial charge on any atom is 0.329 e. The Balaban J connectivity index is 1.66. The van der Waals surface area contributed by atoms with Crippen LogP contribution in [0.4, 0.5) is 4.79 Å². The van der Waals surface area contributed by atoms with Crippen molar-refractivity contribution in [2.45, 2.75) is 26.5 Å². The first-order valence-electron chi connectivity index (χ1n) is 9.20. The fourth-order valence-electron chi connectivity index (χ4n) is 2.73. The SMILES string of the molecule is CCOC(=O)[C@@H](C)N1C(=O)S/C(=C\c2ccc(OCc3ccccc3)cc2)C1=O. The molecule has 6 nitrogen and oxygen atoms in total. The lowest BCUT2D eigenvalue weighted by Gasteiger charge is -2.19. The second kappa shape index (κ2) is 9.43. The van der Waals surface area contributed by atoms with Gasteiger partial charge in [0.1, 0.15) is 18.4 Å².